The number of carbonyl (C=O) groups excluding carboxylic acids is 2. The minimum absolute atomic E-state index is 0.0717. The molecule has 18 nitrogen and oxygen atoms in total. The Morgan fingerprint density at radius 2 is 1.48 bits per heavy atom. The molecular weight excluding hydrogens is 1230 g/mol. The Bertz CT molecular complexity index is 3730. The average molecular weight is 1290 g/mol. The van der Waals surface area contributed by atoms with Gasteiger partial charge in [-0.05, 0) is 100 Å². The van der Waals surface area contributed by atoms with Gasteiger partial charge in [-0.3, -0.25) is 32.5 Å². The van der Waals surface area contributed by atoms with Crippen LogP contribution in [0.2, 0.25) is 5.02 Å². The Balaban J connectivity index is 1.39. The molecule has 7 rings (SSSR count). The highest BCUT2D eigenvalue weighted by molar-refractivity contribution is 7.92. The standard InChI is InChI=1S/C53H59ClF10N7O11PS2/c1-28(2)23-80-83(74,81-24-29(3)4)82-26-49(5,6)48(73)79-27-71(85(10,77)78)47-42-38(54)14-13-35(44(42)70(68-47)25-51(57,58)59)34-12-11-33(15-16-50(7,8)84(9,75)76)65-43(34)39(19-30-17-31(55)20-32(56)18-30)66-40(72)22-69-46-41(45(67-69)53(62,63)64)36-21-37(36)52(46,60)61/h11-14,17-18,20,28-29,36-37,39H,19,21-27H2,1-10H3,(H,66,72)/t36-,37+,39-/m0/s1. The number of phosphoric acid groups is 1. The van der Waals surface area contributed by atoms with E-state index in [4.69, 9.17) is 29.9 Å². The molecule has 0 aliphatic heterocycles. The lowest BCUT2D eigenvalue weighted by Gasteiger charge is -2.27. The molecule has 0 radical (unpaired) electrons. The van der Waals surface area contributed by atoms with Gasteiger partial charge in [0.15, 0.2) is 28.1 Å². The first kappa shape index (κ1) is 66.7. The lowest BCUT2D eigenvalue weighted by atomic mass is 9.93. The summed E-state index contributed by atoms with van der Waals surface area (Å²) in [4.78, 5) is 32.7. The lowest BCUT2D eigenvalue weighted by molar-refractivity contribution is -0.155. The van der Waals surface area contributed by atoms with Gasteiger partial charge in [-0.15, -0.1) is 0 Å². The predicted molar refractivity (Wildman–Crippen MR) is 290 cm³/mol. The third kappa shape index (κ3) is 15.3. The highest BCUT2D eigenvalue weighted by Crippen LogP contribution is 2.68. The number of benzene rings is 2. The molecule has 3 aromatic heterocycles. The van der Waals surface area contributed by atoms with Crippen molar-refractivity contribution in [2.75, 3.05) is 43.4 Å². The number of ether oxygens (including phenoxy) is 1. The summed E-state index contributed by atoms with van der Waals surface area (Å²) in [5.41, 5.74) is -7.73. The van der Waals surface area contributed by atoms with Crippen LogP contribution in [-0.4, -0.2) is 103 Å². The molecule has 1 saturated carbocycles. The third-order valence-corrected chi connectivity index (χ3v) is 18.3. The second-order valence-electron chi connectivity index (χ2n) is 22.7. The molecule has 2 aliphatic rings. The maximum Gasteiger partial charge on any atom is 0.474 e. The first-order chi connectivity index (χ1) is 38.9. The maximum atomic E-state index is 15.7. The third-order valence-electron chi connectivity index (χ3n) is 13.5. The smallest absolute Gasteiger partial charge is 0.443 e. The van der Waals surface area contributed by atoms with Crippen molar-refractivity contribution in [3.8, 4) is 23.0 Å². The SMILES string of the molecule is CC(C)COP(=O)(OCC(C)C)OCC(C)(C)C(=O)OCN(c1nn(CC(F)(F)F)c2c(-c3ccc(C#CC(C)(C)S(C)(=O)=O)nc3[C@H](Cc3cc(F)cc(F)c3)NC(=O)Cn3nc(C(F)(F)F)c4c3C(F)(F)[C@@H]3C[C@H]43)ccc(Cl)c12)S(C)(=O)=O. The average Bonchev–Trinajstić information content (AvgIpc) is 1.53. The molecule has 2 aliphatic carbocycles. The van der Waals surface area contributed by atoms with Crippen molar-refractivity contribution in [2.45, 2.75) is 116 Å². The fourth-order valence-electron chi connectivity index (χ4n) is 8.95. The molecule has 466 valence electrons. The highest BCUT2D eigenvalue weighted by Gasteiger charge is 2.68. The normalized spacial score (nSPS) is 16.7. The second kappa shape index (κ2) is 24.0. The van der Waals surface area contributed by atoms with Crippen molar-refractivity contribution >= 4 is 67.9 Å². The van der Waals surface area contributed by atoms with Crippen LogP contribution in [0.15, 0.2) is 42.5 Å². The molecule has 3 atom stereocenters. The summed E-state index contributed by atoms with van der Waals surface area (Å²) in [6, 6.07) is 4.76. The number of nitrogens with zero attached hydrogens (tertiary/aromatic N) is 6. The van der Waals surface area contributed by atoms with E-state index in [0.717, 1.165) is 42.7 Å². The molecule has 1 N–H and O–H groups in total. The van der Waals surface area contributed by atoms with Gasteiger partial charge in [0, 0.05) is 34.9 Å². The predicted octanol–water partition coefficient (Wildman–Crippen LogP) is 11.1. The summed E-state index contributed by atoms with van der Waals surface area (Å²) < 4.78 is 236. The van der Waals surface area contributed by atoms with Crippen molar-refractivity contribution in [3.05, 3.63) is 93.0 Å². The Hall–Kier alpha value is -5.83. The van der Waals surface area contributed by atoms with Gasteiger partial charge in [-0.25, -0.2) is 39.5 Å². The van der Waals surface area contributed by atoms with E-state index in [2.05, 4.69) is 32.3 Å². The molecular formula is C53H59ClF10N7O11PS2. The number of carbonyl (C=O) groups is 2. The molecule has 0 saturated heterocycles. The molecule has 1 fully saturated rings. The van der Waals surface area contributed by atoms with Crippen molar-refractivity contribution < 1.29 is 93.2 Å². The number of nitrogens with one attached hydrogen (secondary N) is 1. The number of rotatable bonds is 23. The number of pyridine rings is 1. The van der Waals surface area contributed by atoms with Crippen LogP contribution in [-0.2, 0) is 83.9 Å². The number of alkyl halides is 8. The largest absolute Gasteiger partial charge is 0.474 e. The maximum absolute atomic E-state index is 15.7. The second-order valence-corrected chi connectivity index (χ2v) is 29.2. The van der Waals surface area contributed by atoms with E-state index in [1.807, 2.05) is 0 Å². The molecule has 0 spiro atoms. The van der Waals surface area contributed by atoms with Gasteiger partial charge in [0.2, 0.25) is 15.9 Å². The molecule has 1 amide bonds. The number of esters is 1. The van der Waals surface area contributed by atoms with Crippen LogP contribution < -0.4 is 9.62 Å². The van der Waals surface area contributed by atoms with Gasteiger partial charge in [0.25, 0.3) is 5.92 Å². The van der Waals surface area contributed by atoms with Gasteiger partial charge >= 0.3 is 26.1 Å². The van der Waals surface area contributed by atoms with E-state index < -0.39 is 175 Å². The molecule has 2 aromatic carbocycles. The van der Waals surface area contributed by atoms with Gasteiger partial charge in [-0.2, -0.15) is 45.3 Å². The van der Waals surface area contributed by atoms with E-state index in [1.54, 1.807) is 27.7 Å². The first-order valence-electron chi connectivity index (χ1n) is 25.9. The van der Waals surface area contributed by atoms with Crippen LogP contribution in [0.3, 0.4) is 0 Å². The zero-order valence-corrected chi connectivity index (χ0v) is 50.5. The van der Waals surface area contributed by atoms with Crippen LogP contribution in [0.5, 0.6) is 0 Å². The molecule has 0 unspecified atom stereocenters. The Morgan fingerprint density at radius 1 is 0.882 bits per heavy atom. The van der Waals surface area contributed by atoms with Gasteiger partial charge in [-0.1, -0.05) is 51.3 Å². The van der Waals surface area contributed by atoms with Crippen LogP contribution in [0.1, 0.15) is 108 Å². The number of halogens is 11. The summed E-state index contributed by atoms with van der Waals surface area (Å²) in [6.45, 7) is 6.62. The Labute approximate surface area is 487 Å². The highest BCUT2D eigenvalue weighted by atomic mass is 35.5. The van der Waals surface area contributed by atoms with Gasteiger partial charge in [0.05, 0.1) is 59.2 Å². The summed E-state index contributed by atoms with van der Waals surface area (Å²) in [6.07, 6.45) is -9.95. The number of sulfonamides is 1. The summed E-state index contributed by atoms with van der Waals surface area (Å²) in [5.74, 6) is -7.45. The summed E-state index contributed by atoms with van der Waals surface area (Å²) in [7, 11) is -13.0. The van der Waals surface area contributed by atoms with Crippen molar-refractivity contribution in [3.63, 3.8) is 0 Å². The van der Waals surface area contributed by atoms with E-state index in [1.165, 1.54) is 27.7 Å². The minimum atomic E-state index is -5.24. The summed E-state index contributed by atoms with van der Waals surface area (Å²) >= 11 is 6.77. The zero-order valence-electron chi connectivity index (χ0n) is 47.2. The van der Waals surface area contributed by atoms with Gasteiger partial charge < -0.3 is 10.1 Å². The molecule has 85 heavy (non-hydrogen) atoms. The lowest BCUT2D eigenvalue weighted by Crippen LogP contribution is -2.38. The van der Waals surface area contributed by atoms with Crippen LogP contribution >= 0.6 is 19.4 Å². The molecule has 32 heteroatoms. The summed E-state index contributed by atoms with van der Waals surface area (Å²) in [5, 5.41) is 8.88. The van der Waals surface area contributed by atoms with E-state index in [0.29, 0.717) is 21.3 Å². The number of amides is 1. The van der Waals surface area contributed by atoms with E-state index >= 15 is 8.78 Å². The molecule has 5 aromatic rings. The van der Waals surface area contributed by atoms with Crippen molar-refractivity contribution in [1.82, 2.24) is 29.9 Å². The van der Waals surface area contributed by atoms with Crippen LogP contribution in [0.4, 0.5) is 49.7 Å². The number of aromatic nitrogens is 5. The van der Waals surface area contributed by atoms with E-state index in [9.17, 15) is 66.1 Å². The van der Waals surface area contributed by atoms with Crippen LogP contribution in [0, 0.1) is 46.6 Å². The van der Waals surface area contributed by atoms with Crippen molar-refractivity contribution in [2.24, 2.45) is 23.2 Å². The van der Waals surface area contributed by atoms with Crippen LogP contribution in [0.25, 0.3) is 22.0 Å². The topological polar surface area (TPSA) is 220 Å². The Morgan fingerprint density at radius 3 is 2.04 bits per heavy atom. The monoisotopic (exact) mass is 1290 g/mol. The van der Waals surface area contributed by atoms with E-state index in [-0.39, 0.29) is 58.5 Å². The Kier molecular flexibility index (Phi) is 18.9. The van der Waals surface area contributed by atoms with Crippen molar-refractivity contribution in [1.29, 1.82) is 0 Å². The number of hydrogen-bond donors (Lipinski definition) is 1. The quantitative estimate of drug-likeness (QED) is 0.0211. The van der Waals surface area contributed by atoms with Gasteiger partial charge in [0.1, 0.15) is 40.9 Å². The first-order valence-corrected chi connectivity index (χ1v) is 31.5. The number of anilines is 1. The number of sulfone groups is 1. The zero-order chi connectivity index (χ0) is 63.5. The number of hydrogen-bond acceptors (Lipinski definition) is 14. The number of fused-ring (bicyclic) bond motifs is 4. The molecule has 0 bridgehead atoms. The fourth-order valence-corrected chi connectivity index (χ4v) is 11.8. The fraction of sp³-hybridized carbons (Fsp3) is 0.528. The minimum Gasteiger partial charge on any atom is -0.443 e. The number of phosphoric ester groups is 1. The molecule has 3 heterocycles.